The molecule has 2 fully saturated rings. The quantitative estimate of drug-likeness (QED) is 0.505. The number of alkyl halides is 3. The van der Waals surface area contributed by atoms with E-state index in [-0.39, 0.29) is 52.9 Å². The predicted octanol–water partition coefficient (Wildman–Crippen LogP) is 3.76. The lowest BCUT2D eigenvalue weighted by molar-refractivity contribution is -0.137. The van der Waals surface area contributed by atoms with Crippen LogP contribution in [0.5, 0.6) is 0 Å². The van der Waals surface area contributed by atoms with E-state index in [1.165, 1.54) is 30.3 Å². The third-order valence-corrected chi connectivity index (χ3v) is 10.0. The van der Waals surface area contributed by atoms with E-state index in [1.54, 1.807) is 15.9 Å². The van der Waals surface area contributed by atoms with Crippen molar-refractivity contribution in [2.75, 3.05) is 37.0 Å². The molecule has 1 unspecified atom stereocenters. The minimum atomic E-state index is -4.70. The summed E-state index contributed by atoms with van der Waals surface area (Å²) < 4.78 is 69.1. The van der Waals surface area contributed by atoms with E-state index < -0.39 is 32.7 Å². The molecule has 0 spiro atoms. The number of rotatable bonds is 1. The van der Waals surface area contributed by atoms with Gasteiger partial charge in [-0.15, -0.1) is 0 Å². The zero-order chi connectivity index (χ0) is 28.8. The van der Waals surface area contributed by atoms with Crippen LogP contribution in [0.4, 0.5) is 18.9 Å². The van der Waals surface area contributed by atoms with Crippen LogP contribution in [0.2, 0.25) is 5.02 Å². The van der Waals surface area contributed by atoms with Crippen molar-refractivity contribution in [3.8, 4) is 0 Å². The maximum Gasteiger partial charge on any atom is 0.416 e. The molecule has 214 valence electrons. The summed E-state index contributed by atoms with van der Waals surface area (Å²) in [6.45, 7) is 1.53. The van der Waals surface area contributed by atoms with Crippen molar-refractivity contribution in [1.29, 1.82) is 0 Å². The molecule has 2 saturated heterocycles. The molecule has 3 aliphatic heterocycles. The van der Waals surface area contributed by atoms with Crippen LogP contribution in [0.1, 0.15) is 28.8 Å². The van der Waals surface area contributed by atoms with Crippen LogP contribution in [0.3, 0.4) is 0 Å². The molecular formula is C27H28ClF3N4O4S. The Morgan fingerprint density at radius 2 is 1.68 bits per heavy atom. The molecule has 5 bridgehead atoms. The summed E-state index contributed by atoms with van der Waals surface area (Å²) in [5, 5.41) is -0.172. The monoisotopic (exact) mass is 596 g/mol. The van der Waals surface area contributed by atoms with Gasteiger partial charge in [0.15, 0.2) is 0 Å². The van der Waals surface area contributed by atoms with Crippen molar-refractivity contribution in [3.05, 3.63) is 70.8 Å². The first-order valence-corrected chi connectivity index (χ1v) is 14.7. The van der Waals surface area contributed by atoms with E-state index in [1.807, 2.05) is 0 Å². The molecule has 13 heteroatoms. The van der Waals surface area contributed by atoms with Crippen LogP contribution in [0.25, 0.3) is 0 Å². The lowest BCUT2D eigenvalue weighted by Gasteiger charge is -2.35. The molecule has 0 aliphatic carbocycles. The van der Waals surface area contributed by atoms with Crippen LogP contribution in [0, 0.1) is 11.8 Å². The van der Waals surface area contributed by atoms with Gasteiger partial charge in [0.25, 0.3) is 15.9 Å². The first-order valence-electron chi connectivity index (χ1n) is 12.8. The average molecular weight is 597 g/mol. The Labute approximate surface area is 235 Å². The van der Waals surface area contributed by atoms with E-state index >= 15 is 0 Å². The molecule has 3 atom stereocenters. The number of piperidine rings is 1. The Kier molecular flexibility index (Phi) is 7.62. The highest BCUT2D eigenvalue weighted by Gasteiger charge is 2.41. The Bertz CT molecular complexity index is 1470. The topological polar surface area (TPSA) is 104 Å². The summed E-state index contributed by atoms with van der Waals surface area (Å²) in [7, 11) is -4.54. The molecule has 0 radical (unpaired) electrons. The number of carbonyl (C=O) groups excluding carboxylic acids is 2. The zero-order valence-electron chi connectivity index (χ0n) is 21.4. The SMILES string of the molecule is NC1C/C=C/CN(c2cccc(C(F)(F)F)c2)S(=O)(=O)c2cc(ccc2Cl)C(=O)N2C[C@@H]3CCN(C[C@@H]3C2)C1=O. The highest BCUT2D eigenvalue weighted by atomic mass is 35.5. The molecule has 3 aliphatic rings. The van der Waals surface area contributed by atoms with Gasteiger partial charge in [-0.1, -0.05) is 29.8 Å². The third kappa shape index (κ3) is 5.44. The number of nitrogens with two attached hydrogens (primary N) is 1. The van der Waals surface area contributed by atoms with Gasteiger partial charge in [-0.05, 0) is 61.1 Å². The Hall–Kier alpha value is -3.09. The molecule has 0 saturated carbocycles. The number of hydrogen-bond acceptors (Lipinski definition) is 5. The highest BCUT2D eigenvalue weighted by molar-refractivity contribution is 7.93. The van der Waals surface area contributed by atoms with Gasteiger partial charge >= 0.3 is 6.18 Å². The number of carbonyl (C=O) groups is 2. The Morgan fingerprint density at radius 3 is 2.42 bits per heavy atom. The number of halogens is 4. The second-order valence-electron chi connectivity index (χ2n) is 10.3. The maximum absolute atomic E-state index is 13.9. The van der Waals surface area contributed by atoms with Gasteiger partial charge in [0, 0.05) is 31.7 Å². The average Bonchev–Trinajstić information content (AvgIpc) is 3.34. The van der Waals surface area contributed by atoms with E-state index in [9.17, 15) is 31.2 Å². The third-order valence-electron chi connectivity index (χ3n) is 7.75. The van der Waals surface area contributed by atoms with E-state index in [4.69, 9.17) is 17.3 Å². The second-order valence-corrected chi connectivity index (χ2v) is 12.6. The minimum Gasteiger partial charge on any atom is -0.341 e. The summed E-state index contributed by atoms with van der Waals surface area (Å²) in [5.74, 6) is -0.341. The smallest absolute Gasteiger partial charge is 0.341 e. The molecule has 2 aromatic carbocycles. The van der Waals surface area contributed by atoms with Crippen LogP contribution >= 0.6 is 11.6 Å². The largest absolute Gasteiger partial charge is 0.416 e. The van der Waals surface area contributed by atoms with Gasteiger partial charge in [-0.3, -0.25) is 13.9 Å². The Morgan fingerprint density at radius 1 is 0.950 bits per heavy atom. The van der Waals surface area contributed by atoms with Crippen molar-refractivity contribution in [2.24, 2.45) is 17.6 Å². The lowest BCUT2D eigenvalue weighted by Crippen LogP contribution is -2.49. The number of fused-ring (bicyclic) bond motifs is 4. The fraction of sp³-hybridized carbons (Fsp3) is 0.407. The molecule has 2 aromatic rings. The summed E-state index contributed by atoms with van der Waals surface area (Å²) in [4.78, 5) is 29.5. The highest BCUT2D eigenvalue weighted by Crippen LogP contribution is 2.36. The second kappa shape index (κ2) is 10.7. The summed E-state index contributed by atoms with van der Waals surface area (Å²) in [6, 6.07) is 6.98. The number of benzene rings is 2. The van der Waals surface area contributed by atoms with Crippen LogP contribution < -0.4 is 10.0 Å². The van der Waals surface area contributed by atoms with E-state index in [2.05, 4.69) is 0 Å². The Balaban J connectivity index is 1.60. The van der Waals surface area contributed by atoms with Gasteiger partial charge in [0.2, 0.25) is 5.91 Å². The van der Waals surface area contributed by atoms with Crippen LogP contribution in [-0.4, -0.2) is 68.8 Å². The molecule has 5 rings (SSSR count). The molecule has 2 amide bonds. The van der Waals surface area contributed by atoms with Crippen molar-refractivity contribution in [3.63, 3.8) is 0 Å². The first-order chi connectivity index (χ1) is 18.9. The fourth-order valence-electron chi connectivity index (χ4n) is 5.60. The summed E-state index contributed by atoms with van der Waals surface area (Å²) in [5.41, 5.74) is 4.99. The van der Waals surface area contributed by atoms with Gasteiger partial charge < -0.3 is 15.5 Å². The normalized spacial score (nSPS) is 26.2. The van der Waals surface area contributed by atoms with Gasteiger partial charge in [0.1, 0.15) is 4.90 Å². The maximum atomic E-state index is 13.9. The number of hydrogen-bond donors (Lipinski definition) is 1. The molecule has 40 heavy (non-hydrogen) atoms. The minimum absolute atomic E-state index is 0.0759. The number of nitrogens with zero attached hydrogens (tertiary/aromatic N) is 3. The van der Waals surface area contributed by atoms with Crippen molar-refractivity contribution in [2.45, 2.75) is 30.0 Å². The zero-order valence-corrected chi connectivity index (χ0v) is 22.9. The molecule has 3 heterocycles. The standard InChI is InChI=1S/C27H28ClF3N4O4S/c28-22-8-7-17-12-24(22)40(38,39)35(21-5-3-4-20(13-21)27(29,30)31)10-2-1-6-23(32)26(37)33-11-9-18-14-34(25(17)36)16-19(18)15-33/h1-5,7-8,12-13,18-19,23H,6,9-11,14-16,32H2/b2-1+/t18-,19+,23?/m0/s1. The van der Waals surface area contributed by atoms with Gasteiger partial charge in [0.05, 0.1) is 28.9 Å². The van der Waals surface area contributed by atoms with E-state index in [0.29, 0.717) is 26.2 Å². The molecule has 8 nitrogen and oxygen atoms in total. The molecule has 2 N–H and O–H groups in total. The van der Waals surface area contributed by atoms with Crippen LogP contribution in [-0.2, 0) is 21.0 Å². The van der Waals surface area contributed by atoms with Crippen LogP contribution in [0.15, 0.2) is 59.5 Å². The predicted molar refractivity (Wildman–Crippen MR) is 143 cm³/mol. The molecule has 0 aromatic heterocycles. The summed E-state index contributed by atoms with van der Waals surface area (Å²) >= 11 is 6.32. The van der Waals surface area contributed by atoms with Gasteiger partial charge in [-0.2, -0.15) is 13.2 Å². The van der Waals surface area contributed by atoms with Crippen molar-refractivity contribution < 1.29 is 31.2 Å². The number of sulfonamides is 1. The summed E-state index contributed by atoms with van der Waals surface area (Å²) in [6.07, 6.45) is -0.878. The number of amides is 2. The number of anilines is 1. The first kappa shape index (κ1) is 28.4. The lowest BCUT2D eigenvalue weighted by atomic mass is 9.88. The van der Waals surface area contributed by atoms with Crippen molar-refractivity contribution >= 4 is 39.1 Å². The van der Waals surface area contributed by atoms with Gasteiger partial charge in [-0.25, -0.2) is 8.42 Å². The van der Waals surface area contributed by atoms with Crippen molar-refractivity contribution in [1.82, 2.24) is 9.80 Å². The fourth-order valence-corrected chi connectivity index (χ4v) is 7.51. The molecular weight excluding hydrogens is 569 g/mol. The van der Waals surface area contributed by atoms with E-state index in [0.717, 1.165) is 28.9 Å².